The van der Waals surface area contributed by atoms with Crippen LogP contribution < -0.4 is 4.72 Å². The van der Waals surface area contributed by atoms with Crippen molar-refractivity contribution in [1.29, 1.82) is 0 Å². The van der Waals surface area contributed by atoms with Crippen LogP contribution in [0.25, 0.3) is 0 Å². The van der Waals surface area contributed by atoms with E-state index in [-0.39, 0.29) is 10.5 Å². The summed E-state index contributed by atoms with van der Waals surface area (Å²) in [7, 11) is -2.96. The van der Waals surface area contributed by atoms with Crippen LogP contribution in [0.4, 0.5) is 0 Å². The van der Waals surface area contributed by atoms with Gasteiger partial charge in [0.25, 0.3) is 0 Å². The molecule has 0 amide bonds. The summed E-state index contributed by atoms with van der Waals surface area (Å²) >= 11 is 0. The number of hydrogen-bond donors (Lipinski definition) is 2. The van der Waals surface area contributed by atoms with Gasteiger partial charge >= 0.3 is 11.9 Å². The van der Waals surface area contributed by atoms with Gasteiger partial charge in [-0.15, -0.1) is 0 Å². The number of aromatic nitrogens is 1. The van der Waals surface area contributed by atoms with E-state index in [4.69, 9.17) is 5.11 Å². The predicted octanol–water partition coefficient (Wildman–Crippen LogP) is 0.564. The van der Waals surface area contributed by atoms with E-state index in [1.807, 2.05) is 0 Å². The predicted molar refractivity (Wildman–Crippen MR) is 76.9 cm³/mol. The summed E-state index contributed by atoms with van der Waals surface area (Å²) in [5.41, 5.74) is 0.311. The first-order chi connectivity index (χ1) is 10.1. The summed E-state index contributed by atoms with van der Waals surface area (Å²) in [6.07, 6.45) is 1.06. The molecule has 0 bridgehead atoms. The first kappa shape index (κ1) is 18.1. The molecule has 2 N–H and O–H groups in total. The molecule has 122 valence electrons. The monoisotopic (exact) mass is 330 g/mol. The van der Waals surface area contributed by atoms with Crippen molar-refractivity contribution < 1.29 is 27.9 Å². The van der Waals surface area contributed by atoms with Crippen LogP contribution in [0.1, 0.15) is 29.9 Å². The number of carbonyl (C=O) groups is 2. The molecule has 22 heavy (non-hydrogen) atoms. The molecule has 8 nitrogen and oxygen atoms in total. The SMILES string of the molecule is COC(=O)c1cc(S(=O)(=O)N[C@@H](C(=O)O)C(C)C)cnc1C. The van der Waals surface area contributed by atoms with Gasteiger partial charge in [-0.25, -0.2) is 13.2 Å². The van der Waals surface area contributed by atoms with Gasteiger partial charge in [0.15, 0.2) is 0 Å². The fourth-order valence-corrected chi connectivity index (χ4v) is 2.99. The number of methoxy groups -OCH3 is 1. The molecule has 0 fully saturated rings. The molecule has 0 radical (unpaired) electrons. The second-order valence-electron chi connectivity index (χ2n) is 4.98. The number of pyridine rings is 1. The molecule has 0 saturated heterocycles. The van der Waals surface area contributed by atoms with Crippen molar-refractivity contribution >= 4 is 22.0 Å². The third-order valence-corrected chi connectivity index (χ3v) is 4.40. The first-order valence-electron chi connectivity index (χ1n) is 6.40. The minimum Gasteiger partial charge on any atom is -0.480 e. The second-order valence-corrected chi connectivity index (χ2v) is 6.69. The highest BCUT2D eigenvalue weighted by Crippen LogP contribution is 2.16. The minimum absolute atomic E-state index is 0.00166. The van der Waals surface area contributed by atoms with Crippen LogP contribution >= 0.6 is 0 Å². The normalized spacial score (nSPS) is 13.0. The number of ether oxygens (including phenoxy) is 1. The van der Waals surface area contributed by atoms with Gasteiger partial charge in [0.05, 0.1) is 18.4 Å². The summed E-state index contributed by atoms with van der Waals surface area (Å²) in [5.74, 6) is -2.46. The van der Waals surface area contributed by atoms with Crippen LogP contribution in [0, 0.1) is 12.8 Å². The fraction of sp³-hybridized carbons (Fsp3) is 0.462. The van der Waals surface area contributed by atoms with Crippen molar-refractivity contribution in [3.63, 3.8) is 0 Å². The molecule has 0 aliphatic rings. The minimum atomic E-state index is -4.13. The molecular formula is C13H18N2O6S. The van der Waals surface area contributed by atoms with Crippen molar-refractivity contribution in [1.82, 2.24) is 9.71 Å². The molecule has 0 aromatic carbocycles. The maximum atomic E-state index is 12.3. The lowest BCUT2D eigenvalue weighted by Crippen LogP contribution is -2.44. The van der Waals surface area contributed by atoms with E-state index < -0.39 is 33.9 Å². The number of aryl methyl sites for hydroxylation is 1. The van der Waals surface area contributed by atoms with Gasteiger partial charge in [-0.05, 0) is 18.9 Å². The molecule has 1 atom stereocenters. The molecule has 1 rings (SSSR count). The zero-order chi connectivity index (χ0) is 17.1. The van der Waals surface area contributed by atoms with Crippen molar-refractivity contribution in [2.75, 3.05) is 7.11 Å². The van der Waals surface area contributed by atoms with Gasteiger partial charge in [0.2, 0.25) is 10.0 Å². The van der Waals surface area contributed by atoms with Crippen molar-refractivity contribution in [3.05, 3.63) is 23.5 Å². The highest BCUT2D eigenvalue weighted by atomic mass is 32.2. The Balaban J connectivity index is 3.23. The average molecular weight is 330 g/mol. The summed E-state index contributed by atoms with van der Waals surface area (Å²) < 4.78 is 31.2. The van der Waals surface area contributed by atoms with Crippen molar-refractivity contribution in [2.45, 2.75) is 31.7 Å². The van der Waals surface area contributed by atoms with E-state index >= 15 is 0 Å². The van der Waals surface area contributed by atoms with E-state index in [0.29, 0.717) is 5.69 Å². The Kier molecular flexibility index (Phi) is 5.61. The highest BCUT2D eigenvalue weighted by Gasteiger charge is 2.29. The molecule has 9 heteroatoms. The lowest BCUT2D eigenvalue weighted by molar-refractivity contribution is -0.140. The second kappa shape index (κ2) is 6.84. The number of rotatable bonds is 6. The Hall–Kier alpha value is -2.00. The maximum absolute atomic E-state index is 12.3. The van der Waals surface area contributed by atoms with Crippen LogP contribution in [0.3, 0.4) is 0 Å². The zero-order valence-corrected chi connectivity index (χ0v) is 13.5. The Morgan fingerprint density at radius 1 is 1.36 bits per heavy atom. The van der Waals surface area contributed by atoms with Crippen molar-refractivity contribution in [2.24, 2.45) is 5.92 Å². The maximum Gasteiger partial charge on any atom is 0.339 e. The first-order valence-corrected chi connectivity index (χ1v) is 7.88. The third kappa shape index (κ3) is 4.01. The lowest BCUT2D eigenvalue weighted by atomic mass is 10.1. The average Bonchev–Trinajstić information content (AvgIpc) is 2.43. The van der Waals surface area contributed by atoms with E-state index in [1.165, 1.54) is 14.0 Å². The largest absolute Gasteiger partial charge is 0.480 e. The zero-order valence-electron chi connectivity index (χ0n) is 12.7. The highest BCUT2D eigenvalue weighted by molar-refractivity contribution is 7.89. The van der Waals surface area contributed by atoms with E-state index in [2.05, 4.69) is 14.4 Å². The van der Waals surface area contributed by atoms with Gasteiger partial charge in [-0.1, -0.05) is 13.8 Å². The molecule has 0 spiro atoms. The molecule has 0 unspecified atom stereocenters. The Morgan fingerprint density at radius 3 is 2.41 bits per heavy atom. The van der Waals surface area contributed by atoms with Gasteiger partial charge < -0.3 is 9.84 Å². The van der Waals surface area contributed by atoms with Crippen LogP contribution in [0.2, 0.25) is 0 Å². The van der Waals surface area contributed by atoms with E-state index in [1.54, 1.807) is 13.8 Å². The number of sulfonamides is 1. The van der Waals surface area contributed by atoms with Gasteiger partial charge in [-0.3, -0.25) is 9.78 Å². The smallest absolute Gasteiger partial charge is 0.339 e. The Bertz CT molecular complexity index is 684. The number of carboxylic acid groups (broad SMARTS) is 1. The quantitative estimate of drug-likeness (QED) is 0.731. The number of carboxylic acids is 1. The molecule has 0 saturated carbocycles. The molecule has 0 aliphatic carbocycles. The van der Waals surface area contributed by atoms with Crippen LogP contribution in [0.5, 0.6) is 0 Å². The number of hydrogen-bond acceptors (Lipinski definition) is 6. The topological polar surface area (TPSA) is 123 Å². The standard InChI is InChI=1S/C13H18N2O6S/c1-7(2)11(12(16)17)15-22(19,20)9-5-10(13(18)21-4)8(3)14-6-9/h5-7,11,15H,1-4H3,(H,16,17)/t11-/m1/s1. The number of nitrogens with one attached hydrogen (secondary N) is 1. The molecule has 1 aromatic heterocycles. The third-order valence-electron chi connectivity index (χ3n) is 2.99. The Morgan fingerprint density at radius 2 is 1.95 bits per heavy atom. The number of nitrogens with zero attached hydrogens (tertiary/aromatic N) is 1. The van der Waals surface area contributed by atoms with E-state index in [9.17, 15) is 18.0 Å². The molecule has 1 aromatic rings. The van der Waals surface area contributed by atoms with Gasteiger partial charge in [0, 0.05) is 6.20 Å². The summed E-state index contributed by atoms with van der Waals surface area (Å²) in [5, 5.41) is 9.06. The number of esters is 1. The number of carbonyl (C=O) groups excluding carboxylic acids is 1. The Labute approximate surface area is 128 Å². The van der Waals surface area contributed by atoms with Crippen LogP contribution in [-0.2, 0) is 19.6 Å². The summed E-state index contributed by atoms with van der Waals surface area (Å²) in [6, 6.07) is -0.177. The van der Waals surface area contributed by atoms with Crippen molar-refractivity contribution in [3.8, 4) is 0 Å². The van der Waals surface area contributed by atoms with Gasteiger partial charge in [-0.2, -0.15) is 4.72 Å². The summed E-state index contributed by atoms with van der Waals surface area (Å²) in [6.45, 7) is 4.69. The molecule has 0 aliphatic heterocycles. The van der Waals surface area contributed by atoms with Crippen LogP contribution in [-0.4, -0.2) is 43.6 Å². The van der Waals surface area contributed by atoms with Gasteiger partial charge in [0.1, 0.15) is 10.9 Å². The number of aliphatic carboxylic acids is 1. The molecular weight excluding hydrogens is 312 g/mol. The lowest BCUT2D eigenvalue weighted by Gasteiger charge is -2.18. The summed E-state index contributed by atoms with van der Waals surface area (Å²) in [4.78, 5) is 26.2. The fourth-order valence-electron chi connectivity index (χ4n) is 1.68. The van der Waals surface area contributed by atoms with E-state index in [0.717, 1.165) is 12.3 Å². The van der Waals surface area contributed by atoms with Crippen LogP contribution in [0.15, 0.2) is 17.2 Å². The molecule has 1 heterocycles.